The number of hydrogen-bond donors (Lipinski definition) is 2. The second kappa shape index (κ2) is 6.86. The van der Waals surface area contributed by atoms with Gasteiger partial charge in [-0.2, -0.15) is 0 Å². The minimum Gasteiger partial charge on any atom is -0.496 e. The summed E-state index contributed by atoms with van der Waals surface area (Å²) >= 11 is 0. The van der Waals surface area contributed by atoms with E-state index in [2.05, 4.69) is 10.3 Å². The van der Waals surface area contributed by atoms with Crippen molar-refractivity contribution in [3.8, 4) is 5.75 Å². The Morgan fingerprint density at radius 1 is 1.21 bits per heavy atom. The molecule has 1 saturated carbocycles. The number of anilines is 1. The SMILES string of the molecule is COc1ccc(NC(=O)C2CCCCC2)c2c(C(=O)O)nccc12. The highest BCUT2D eigenvalue weighted by molar-refractivity contribution is 6.12. The number of carbonyl (C=O) groups excluding carboxylic acids is 1. The molecule has 1 amide bonds. The molecule has 0 radical (unpaired) electrons. The van der Waals surface area contributed by atoms with Crippen LogP contribution in [0.25, 0.3) is 10.8 Å². The van der Waals surface area contributed by atoms with E-state index in [0.29, 0.717) is 22.2 Å². The zero-order valence-electron chi connectivity index (χ0n) is 13.5. The van der Waals surface area contributed by atoms with Gasteiger partial charge in [0, 0.05) is 22.9 Å². The number of carbonyl (C=O) groups is 2. The van der Waals surface area contributed by atoms with Crippen molar-refractivity contribution in [3.63, 3.8) is 0 Å². The van der Waals surface area contributed by atoms with Gasteiger partial charge in [-0.3, -0.25) is 4.79 Å². The number of rotatable bonds is 4. The Balaban J connectivity index is 2.04. The molecule has 1 aliphatic carbocycles. The van der Waals surface area contributed by atoms with Crippen LogP contribution in [-0.4, -0.2) is 29.1 Å². The van der Waals surface area contributed by atoms with E-state index < -0.39 is 5.97 Å². The molecule has 126 valence electrons. The Hall–Kier alpha value is -2.63. The highest BCUT2D eigenvalue weighted by Crippen LogP contribution is 2.34. The number of nitrogens with one attached hydrogen (secondary N) is 1. The van der Waals surface area contributed by atoms with Crippen LogP contribution >= 0.6 is 0 Å². The normalized spacial score (nSPS) is 15.2. The molecule has 0 spiro atoms. The van der Waals surface area contributed by atoms with Crippen LogP contribution in [0, 0.1) is 5.92 Å². The fourth-order valence-corrected chi connectivity index (χ4v) is 3.32. The number of amides is 1. The van der Waals surface area contributed by atoms with Gasteiger partial charge in [-0.05, 0) is 31.0 Å². The third kappa shape index (κ3) is 3.04. The maximum Gasteiger partial charge on any atom is 0.355 e. The minimum atomic E-state index is -1.14. The Morgan fingerprint density at radius 2 is 1.96 bits per heavy atom. The zero-order chi connectivity index (χ0) is 17.1. The van der Waals surface area contributed by atoms with Gasteiger partial charge >= 0.3 is 5.97 Å². The van der Waals surface area contributed by atoms with E-state index in [0.717, 1.165) is 25.7 Å². The smallest absolute Gasteiger partial charge is 0.355 e. The molecule has 2 aromatic rings. The first-order valence-electron chi connectivity index (χ1n) is 8.11. The summed E-state index contributed by atoms with van der Waals surface area (Å²) in [5.41, 5.74) is 0.372. The first kappa shape index (κ1) is 16.2. The molecule has 2 N–H and O–H groups in total. The topological polar surface area (TPSA) is 88.5 Å². The number of aromatic nitrogens is 1. The Labute approximate surface area is 139 Å². The summed E-state index contributed by atoms with van der Waals surface area (Å²) in [5.74, 6) is -0.658. The zero-order valence-corrected chi connectivity index (χ0v) is 13.5. The molecule has 1 aliphatic rings. The van der Waals surface area contributed by atoms with Gasteiger partial charge in [-0.1, -0.05) is 19.3 Å². The van der Waals surface area contributed by atoms with Crippen LogP contribution in [0.15, 0.2) is 24.4 Å². The van der Waals surface area contributed by atoms with Gasteiger partial charge in [0.15, 0.2) is 5.69 Å². The number of fused-ring (bicyclic) bond motifs is 1. The van der Waals surface area contributed by atoms with Crippen LogP contribution in [0.1, 0.15) is 42.6 Å². The molecular formula is C18H20N2O4. The Morgan fingerprint density at radius 3 is 2.62 bits per heavy atom. The van der Waals surface area contributed by atoms with Crippen molar-refractivity contribution in [1.82, 2.24) is 4.98 Å². The first-order chi connectivity index (χ1) is 11.6. The molecule has 6 heteroatoms. The lowest BCUT2D eigenvalue weighted by Crippen LogP contribution is -2.25. The first-order valence-corrected chi connectivity index (χ1v) is 8.11. The van der Waals surface area contributed by atoms with Crippen molar-refractivity contribution in [1.29, 1.82) is 0 Å². The van der Waals surface area contributed by atoms with Crippen molar-refractivity contribution in [2.24, 2.45) is 5.92 Å². The van der Waals surface area contributed by atoms with E-state index in [9.17, 15) is 14.7 Å². The van der Waals surface area contributed by atoms with Crippen LogP contribution in [0.5, 0.6) is 5.75 Å². The quantitative estimate of drug-likeness (QED) is 0.897. The number of methoxy groups -OCH3 is 1. The number of carboxylic acids is 1. The molecule has 1 fully saturated rings. The number of aromatic carboxylic acids is 1. The number of nitrogens with zero attached hydrogens (tertiary/aromatic N) is 1. The summed E-state index contributed by atoms with van der Waals surface area (Å²) in [6, 6.07) is 5.09. The summed E-state index contributed by atoms with van der Waals surface area (Å²) in [6.07, 6.45) is 6.48. The molecule has 0 atom stereocenters. The number of ether oxygens (including phenoxy) is 1. The van der Waals surface area contributed by atoms with Gasteiger partial charge in [0.2, 0.25) is 5.91 Å². The average Bonchev–Trinajstić information content (AvgIpc) is 2.62. The highest BCUT2D eigenvalue weighted by Gasteiger charge is 2.23. The molecule has 6 nitrogen and oxygen atoms in total. The van der Waals surface area contributed by atoms with Gasteiger partial charge in [0.25, 0.3) is 0 Å². The van der Waals surface area contributed by atoms with Crippen LogP contribution in [-0.2, 0) is 4.79 Å². The number of pyridine rings is 1. The van der Waals surface area contributed by atoms with Crippen molar-refractivity contribution < 1.29 is 19.4 Å². The predicted octanol–water partition coefficient (Wildman–Crippen LogP) is 3.46. The van der Waals surface area contributed by atoms with Crippen LogP contribution in [0.2, 0.25) is 0 Å². The van der Waals surface area contributed by atoms with Crippen molar-refractivity contribution in [2.45, 2.75) is 32.1 Å². The maximum atomic E-state index is 12.5. The second-order valence-corrected chi connectivity index (χ2v) is 6.03. The molecule has 0 unspecified atom stereocenters. The summed E-state index contributed by atoms with van der Waals surface area (Å²) in [4.78, 5) is 28.0. The minimum absolute atomic E-state index is 0.0131. The van der Waals surface area contributed by atoms with E-state index in [1.54, 1.807) is 18.2 Å². The van der Waals surface area contributed by atoms with E-state index >= 15 is 0 Å². The monoisotopic (exact) mass is 328 g/mol. The summed E-state index contributed by atoms with van der Waals surface area (Å²) < 4.78 is 5.31. The Kier molecular flexibility index (Phi) is 4.64. The van der Waals surface area contributed by atoms with Crippen LogP contribution in [0.3, 0.4) is 0 Å². The third-order valence-electron chi connectivity index (χ3n) is 4.54. The van der Waals surface area contributed by atoms with E-state index in [4.69, 9.17) is 4.74 Å². The molecule has 1 aromatic carbocycles. The molecule has 1 heterocycles. The number of benzene rings is 1. The molecule has 0 saturated heterocycles. The summed E-state index contributed by atoms with van der Waals surface area (Å²) in [5, 5.41) is 13.4. The lowest BCUT2D eigenvalue weighted by molar-refractivity contribution is -0.120. The molecule has 3 rings (SSSR count). The van der Waals surface area contributed by atoms with E-state index in [-0.39, 0.29) is 17.5 Å². The van der Waals surface area contributed by atoms with Gasteiger partial charge in [-0.15, -0.1) is 0 Å². The average molecular weight is 328 g/mol. The fraction of sp³-hybridized carbons (Fsp3) is 0.389. The van der Waals surface area contributed by atoms with Crippen LogP contribution < -0.4 is 10.1 Å². The van der Waals surface area contributed by atoms with Crippen LogP contribution in [0.4, 0.5) is 5.69 Å². The van der Waals surface area contributed by atoms with E-state index in [1.165, 1.54) is 19.7 Å². The summed E-state index contributed by atoms with van der Waals surface area (Å²) in [7, 11) is 1.52. The Bertz CT molecular complexity index is 782. The fourth-order valence-electron chi connectivity index (χ4n) is 3.32. The number of hydrogen-bond acceptors (Lipinski definition) is 4. The van der Waals surface area contributed by atoms with Crippen molar-refractivity contribution in [3.05, 3.63) is 30.1 Å². The van der Waals surface area contributed by atoms with Crippen molar-refractivity contribution in [2.75, 3.05) is 12.4 Å². The molecule has 1 aromatic heterocycles. The third-order valence-corrected chi connectivity index (χ3v) is 4.54. The standard InChI is InChI=1S/C18H20N2O4/c1-24-14-8-7-13(20-17(21)11-5-3-2-4-6-11)15-12(14)9-10-19-16(15)18(22)23/h7-11H,2-6H2,1H3,(H,20,21)(H,22,23). The van der Waals surface area contributed by atoms with Gasteiger partial charge in [0.05, 0.1) is 12.8 Å². The van der Waals surface area contributed by atoms with Crippen molar-refractivity contribution >= 4 is 28.3 Å². The van der Waals surface area contributed by atoms with Gasteiger partial charge < -0.3 is 15.2 Å². The highest BCUT2D eigenvalue weighted by atomic mass is 16.5. The molecule has 0 bridgehead atoms. The van der Waals surface area contributed by atoms with Gasteiger partial charge in [0.1, 0.15) is 5.75 Å². The second-order valence-electron chi connectivity index (χ2n) is 6.03. The largest absolute Gasteiger partial charge is 0.496 e. The molecule has 24 heavy (non-hydrogen) atoms. The van der Waals surface area contributed by atoms with Gasteiger partial charge in [-0.25, -0.2) is 9.78 Å². The lowest BCUT2D eigenvalue weighted by atomic mass is 9.88. The van der Waals surface area contributed by atoms with E-state index in [1.807, 2.05) is 0 Å². The lowest BCUT2D eigenvalue weighted by Gasteiger charge is -2.21. The molecular weight excluding hydrogens is 308 g/mol. The predicted molar refractivity (Wildman–Crippen MR) is 90.5 cm³/mol. The molecule has 0 aliphatic heterocycles. The number of carboxylic acid groups (broad SMARTS) is 1. The summed E-state index contributed by atoms with van der Waals surface area (Å²) in [6.45, 7) is 0. The maximum absolute atomic E-state index is 12.5.